The fourth-order valence-corrected chi connectivity index (χ4v) is 5.01. The van der Waals surface area contributed by atoms with Crippen molar-refractivity contribution < 1.29 is 13.5 Å². The molecule has 2 heterocycles. The molecule has 0 aromatic carbocycles. The minimum atomic E-state index is -3.35. The number of piperidine rings is 2. The fraction of sp³-hybridized carbons (Fsp3) is 1.00. The standard InChI is InChI=1S/C13H26N2O3S/c1-11-8-12(2)10-15(9-11)19(17,18)14-6-4-13(3,16)5-7-14/h11-12,16H,4-10H2,1-3H3. The molecule has 5 nitrogen and oxygen atoms in total. The van der Waals surface area contributed by atoms with Gasteiger partial charge in [-0.05, 0) is 38.0 Å². The van der Waals surface area contributed by atoms with Crippen LogP contribution in [-0.2, 0) is 10.2 Å². The third kappa shape index (κ3) is 3.48. The molecule has 0 bridgehead atoms. The molecule has 2 saturated heterocycles. The van der Waals surface area contributed by atoms with Crippen LogP contribution in [0.3, 0.4) is 0 Å². The van der Waals surface area contributed by atoms with E-state index in [0.717, 1.165) is 6.42 Å². The summed E-state index contributed by atoms with van der Waals surface area (Å²) < 4.78 is 28.4. The van der Waals surface area contributed by atoms with E-state index in [1.54, 1.807) is 11.2 Å². The third-order valence-electron chi connectivity index (χ3n) is 4.29. The SMILES string of the molecule is CC1CC(C)CN(S(=O)(=O)N2CCC(C)(O)CC2)C1. The first-order chi connectivity index (χ1) is 8.71. The molecule has 0 aromatic rings. The lowest BCUT2D eigenvalue weighted by molar-refractivity contribution is 0.0110. The lowest BCUT2D eigenvalue weighted by Crippen LogP contribution is -2.53. The van der Waals surface area contributed by atoms with Gasteiger partial charge in [-0.15, -0.1) is 0 Å². The molecule has 0 spiro atoms. The Morgan fingerprint density at radius 3 is 2.00 bits per heavy atom. The Hall–Kier alpha value is -0.170. The van der Waals surface area contributed by atoms with Gasteiger partial charge in [0, 0.05) is 26.2 Å². The molecule has 19 heavy (non-hydrogen) atoms. The van der Waals surface area contributed by atoms with Gasteiger partial charge in [0.2, 0.25) is 0 Å². The largest absolute Gasteiger partial charge is 0.390 e. The Balaban J connectivity index is 2.06. The van der Waals surface area contributed by atoms with Gasteiger partial charge < -0.3 is 5.11 Å². The molecule has 2 rings (SSSR count). The molecule has 2 aliphatic heterocycles. The highest BCUT2D eigenvalue weighted by Gasteiger charge is 2.38. The summed E-state index contributed by atoms with van der Waals surface area (Å²) in [6, 6.07) is 0. The van der Waals surface area contributed by atoms with Gasteiger partial charge in [-0.1, -0.05) is 13.8 Å². The molecule has 0 amide bonds. The maximum Gasteiger partial charge on any atom is 0.281 e. The Morgan fingerprint density at radius 2 is 1.53 bits per heavy atom. The zero-order valence-electron chi connectivity index (χ0n) is 12.2. The first kappa shape index (κ1) is 15.2. The maximum atomic E-state index is 12.6. The Bertz CT molecular complexity index is 402. The van der Waals surface area contributed by atoms with E-state index in [9.17, 15) is 13.5 Å². The van der Waals surface area contributed by atoms with Gasteiger partial charge >= 0.3 is 0 Å². The lowest BCUT2D eigenvalue weighted by atomic mass is 9.94. The smallest absolute Gasteiger partial charge is 0.281 e. The quantitative estimate of drug-likeness (QED) is 0.827. The van der Waals surface area contributed by atoms with Gasteiger partial charge in [0.1, 0.15) is 0 Å². The summed E-state index contributed by atoms with van der Waals surface area (Å²) in [6.07, 6.45) is 2.14. The number of rotatable bonds is 2. The van der Waals surface area contributed by atoms with E-state index in [2.05, 4.69) is 13.8 Å². The van der Waals surface area contributed by atoms with Crippen LogP contribution in [0.4, 0.5) is 0 Å². The highest BCUT2D eigenvalue weighted by Crippen LogP contribution is 2.28. The molecule has 0 saturated carbocycles. The van der Waals surface area contributed by atoms with E-state index < -0.39 is 15.8 Å². The lowest BCUT2D eigenvalue weighted by Gasteiger charge is -2.40. The highest BCUT2D eigenvalue weighted by molar-refractivity contribution is 7.86. The zero-order chi connectivity index (χ0) is 14.3. The number of hydrogen-bond donors (Lipinski definition) is 1. The molecule has 1 N–H and O–H groups in total. The van der Waals surface area contributed by atoms with Crippen LogP contribution in [0.5, 0.6) is 0 Å². The summed E-state index contributed by atoms with van der Waals surface area (Å²) in [7, 11) is -3.35. The summed E-state index contributed by atoms with van der Waals surface area (Å²) in [5, 5.41) is 9.92. The van der Waals surface area contributed by atoms with Crippen molar-refractivity contribution in [3.63, 3.8) is 0 Å². The van der Waals surface area contributed by atoms with Crippen LogP contribution < -0.4 is 0 Å². The normalized spacial score (nSPS) is 34.3. The van der Waals surface area contributed by atoms with Crippen LogP contribution in [-0.4, -0.2) is 53.9 Å². The van der Waals surface area contributed by atoms with Crippen LogP contribution >= 0.6 is 0 Å². The summed E-state index contributed by atoms with van der Waals surface area (Å²) in [5.41, 5.74) is -0.714. The van der Waals surface area contributed by atoms with Crippen molar-refractivity contribution in [1.29, 1.82) is 0 Å². The van der Waals surface area contributed by atoms with E-state index in [4.69, 9.17) is 0 Å². The van der Waals surface area contributed by atoms with Crippen molar-refractivity contribution in [3.8, 4) is 0 Å². The molecule has 6 heteroatoms. The second-order valence-corrected chi connectivity index (χ2v) is 8.60. The molecule has 2 aliphatic rings. The molecule has 2 atom stereocenters. The van der Waals surface area contributed by atoms with Crippen LogP contribution in [0.1, 0.15) is 40.0 Å². The fourth-order valence-electron chi connectivity index (χ4n) is 3.16. The van der Waals surface area contributed by atoms with Crippen molar-refractivity contribution in [1.82, 2.24) is 8.61 Å². The van der Waals surface area contributed by atoms with Crippen LogP contribution in [0.15, 0.2) is 0 Å². The van der Waals surface area contributed by atoms with Gasteiger partial charge in [-0.3, -0.25) is 0 Å². The van der Waals surface area contributed by atoms with Gasteiger partial charge in [0.25, 0.3) is 10.2 Å². The monoisotopic (exact) mass is 290 g/mol. The summed E-state index contributed by atoms with van der Waals surface area (Å²) in [5.74, 6) is 0.845. The summed E-state index contributed by atoms with van der Waals surface area (Å²) >= 11 is 0. The van der Waals surface area contributed by atoms with Gasteiger partial charge in [-0.2, -0.15) is 17.0 Å². The average molecular weight is 290 g/mol. The van der Waals surface area contributed by atoms with Crippen molar-refractivity contribution in [2.45, 2.75) is 45.6 Å². The average Bonchev–Trinajstić information content (AvgIpc) is 2.27. The predicted molar refractivity (Wildman–Crippen MR) is 74.9 cm³/mol. The Kier molecular flexibility index (Phi) is 4.26. The second kappa shape index (κ2) is 5.31. The first-order valence-electron chi connectivity index (χ1n) is 7.18. The van der Waals surface area contributed by atoms with Gasteiger partial charge in [-0.25, -0.2) is 0 Å². The molecular formula is C13H26N2O3S. The first-order valence-corrected chi connectivity index (χ1v) is 8.58. The van der Waals surface area contributed by atoms with Gasteiger partial charge in [0.05, 0.1) is 5.60 Å². The number of nitrogens with zero attached hydrogens (tertiary/aromatic N) is 2. The van der Waals surface area contributed by atoms with E-state index in [0.29, 0.717) is 50.9 Å². The highest BCUT2D eigenvalue weighted by atomic mass is 32.2. The topological polar surface area (TPSA) is 60.9 Å². The second-order valence-electron chi connectivity index (χ2n) is 6.67. The van der Waals surface area contributed by atoms with Gasteiger partial charge in [0.15, 0.2) is 0 Å². The summed E-state index contributed by atoms with van der Waals surface area (Å²) in [4.78, 5) is 0. The van der Waals surface area contributed by atoms with Crippen molar-refractivity contribution in [2.75, 3.05) is 26.2 Å². The molecule has 2 fully saturated rings. The van der Waals surface area contributed by atoms with Crippen molar-refractivity contribution in [3.05, 3.63) is 0 Å². The number of aliphatic hydroxyl groups is 1. The third-order valence-corrected chi connectivity index (χ3v) is 6.26. The Morgan fingerprint density at radius 1 is 1.05 bits per heavy atom. The van der Waals surface area contributed by atoms with Crippen molar-refractivity contribution >= 4 is 10.2 Å². The summed E-state index contributed by atoms with van der Waals surface area (Å²) in [6.45, 7) is 8.10. The molecule has 0 aliphatic carbocycles. The maximum absolute atomic E-state index is 12.6. The molecular weight excluding hydrogens is 264 g/mol. The molecule has 2 unspecified atom stereocenters. The van der Waals surface area contributed by atoms with E-state index >= 15 is 0 Å². The van der Waals surface area contributed by atoms with E-state index in [1.165, 1.54) is 4.31 Å². The minimum Gasteiger partial charge on any atom is -0.390 e. The molecule has 0 radical (unpaired) electrons. The van der Waals surface area contributed by atoms with Crippen LogP contribution in [0.25, 0.3) is 0 Å². The van der Waals surface area contributed by atoms with Crippen molar-refractivity contribution in [2.24, 2.45) is 11.8 Å². The van der Waals surface area contributed by atoms with Crippen LogP contribution in [0.2, 0.25) is 0 Å². The number of hydrogen-bond acceptors (Lipinski definition) is 3. The Labute approximate surface area is 116 Å². The predicted octanol–water partition coefficient (Wildman–Crippen LogP) is 1.06. The minimum absolute atomic E-state index is 0.423. The molecule has 112 valence electrons. The molecule has 0 aromatic heterocycles. The van der Waals surface area contributed by atoms with Crippen LogP contribution in [0, 0.1) is 11.8 Å². The van der Waals surface area contributed by atoms with E-state index in [1.807, 2.05) is 0 Å². The zero-order valence-corrected chi connectivity index (χ0v) is 13.0. The van der Waals surface area contributed by atoms with E-state index in [-0.39, 0.29) is 0 Å².